The van der Waals surface area contributed by atoms with Crippen LogP contribution in [0.1, 0.15) is 66.4 Å². The molecule has 1 aromatic carbocycles. The van der Waals surface area contributed by atoms with Gasteiger partial charge in [-0.15, -0.1) is 0 Å². The van der Waals surface area contributed by atoms with Crippen molar-refractivity contribution in [2.45, 2.75) is 57.8 Å². The highest BCUT2D eigenvalue weighted by molar-refractivity contribution is 5.97. The Morgan fingerprint density at radius 2 is 1.96 bits per heavy atom. The van der Waals surface area contributed by atoms with Crippen LogP contribution in [0, 0.1) is 11.3 Å². The molecule has 1 saturated carbocycles. The second-order valence-electron chi connectivity index (χ2n) is 8.53. The summed E-state index contributed by atoms with van der Waals surface area (Å²) in [4.78, 5) is 27.2. The largest absolute Gasteiger partial charge is 0.388 e. The first-order valence-electron chi connectivity index (χ1n) is 10.2. The van der Waals surface area contributed by atoms with Gasteiger partial charge in [-0.2, -0.15) is 0 Å². The van der Waals surface area contributed by atoms with Crippen LogP contribution in [-0.2, 0) is 17.6 Å². The van der Waals surface area contributed by atoms with Crippen molar-refractivity contribution < 1.29 is 14.7 Å². The summed E-state index contributed by atoms with van der Waals surface area (Å²) in [6.07, 6.45) is 10.0. The Hall–Kier alpha value is -1.68. The number of aryl methyl sites for hydroxylation is 1. The number of hydrogen-bond acceptors (Lipinski definition) is 3. The molecule has 26 heavy (non-hydrogen) atoms. The average Bonchev–Trinajstić information content (AvgIpc) is 2.97. The van der Waals surface area contributed by atoms with E-state index in [0.29, 0.717) is 17.4 Å². The summed E-state index contributed by atoms with van der Waals surface area (Å²) in [6, 6.07) is 5.72. The predicted octanol–water partition coefficient (Wildman–Crippen LogP) is 3.15. The van der Waals surface area contributed by atoms with Crippen molar-refractivity contribution in [3.63, 3.8) is 0 Å². The van der Waals surface area contributed by atoms with Crippen molar-refractivity contribution in [2.24, 2.45) is 11.3 Å². The van der Waals surface area contributed by atoms with E-state index in [1.165, 1.54) is 37.7 Å². The van der Waals surface area contributed by atoms with Gasteiger partial charge in [0.15, 0.2) is 5.78 Å². The molecule has 1 unspecified atom stereocenters. The normalized spacial score (nSPS) is 26.3. The quantitative estimate of drug-likeness (QED) is 0.844. The predicted molar refractivity (Wildman–Crippen MR) is 100 cm³/mol. The number of fused-ring (bicyclic) bond motifs is 1. The lowest BCUT2D eigenvalue weighted by molar-refractivity contribution is -0.137. The van der Waals surface area contributed by atoms with Crippen molar-refractivity contribution in [1.82, 2.24) is 4.90 Å². The Morgan fingerprint density at radius 3 is 2.73 bits per heavy atom. The molecule has 2 fully saturated rings. The molecular formula is C22H29NO3. The Balaban J connectivity index is 1.50. The molecular weight excluding hydrogens is 326 g/mol. The summed E-state index contributed by atoms with van der Waals surface area (Å²) >= 11 is 0. The van der Waals surface area contributed by atoms with Crippen molar-refractivity contribution in [3.8, 4) is 0 Å². The van der Waals surface area contributed by atoms with Gasteiger partial charge in [-0.05, 0) is 61.6 Å². The molecule has 0 aromatic heterocycles. The van der Waals surface area contributed by atoms with Crippen LogP contribution in [0.4, 0.5) is 0 Å². The zero-order valence-electron chi connectivity index (χ0n) is 15.5. The molecule has 4 heteroatoms. The zero-order valence-corrected chi connectivity index (χ0v) is 15.5. The lowest BCUT2D eigenvalue weighted by Crippen LogP contribution is -2.40. The molecule has 0 radical (unpaired) electrons. The van der Waals surface area contributed by atoms with E-state index in [9.17, 15) is 9.59 Å². The van der Waals surface area contributed by atoms with Gasteiger partial charge in [0.05, 0.1) is 5.41 Å². The molecule has 4 rings (SSSR count). The summed E-state index contributed by atoms with van der Waals surface area (Å²) in [6.45, 7) is 1.37. The number of hydrogen-bond donors (Lipinski definition) is 1. The maximum atomic E-state index is 13.3. The van der Waals surface area contributed by atoms with Crippen LogP contribution in [0.3, 0.4) is 0 Å². The van der Waals surface area contributed by atoms with Crippen molar-refractivity contribution in [2.75, 3.05) is 19.7 Å². The van der Waals surface area contributed by atoms with E-state index >= 15 is 0 Å². The lowest BCUT2D eigenvalue weighted by atomic mass is 9.70. The minimum absolute atomic E-state index is 0.246. The summed E-state index contributed by atoms with van der Waals surface area (Å²) in [5.41, 5.74) is 2.68. The minimum atomic E-state index is -0.460. The molecule has 0 bridgehead atoms. The molecule has 2 aliphatic carbocycles. The van der Waals surface area contributed by atoms with E-state index in [2.05, 4.69) is 4.90 Å². The number of carbonyl (C=O) groups excluding carboxylic acids is 2. The first-order valence-corrected chi connectivity index (χ1v) is 10.2. The standard InChI is InChI=1S/C22H29NO3/c24-15-20(25)18-7-6-17-8-9-22(13-19(17)12-18)10-11-23(21(22)26)14-16-4-2-1-3-5-16/h6-7,12,16,24H,1-5,8-11,13-15H2. The SMILES string of the molecule is O=C(CO)c1ccc2c(c1)CC1(CC2)CCN(CC2CCCCC2)C1=O. The number of aliphatic hydroxyl groups is 1. The molecule has 3 aliphatic rings. The number of likely N-dealkylation sites (tertiary alicyclic amines) is 1. The second-order valence-corrected chi connectivity index (χ2v) is 8.53. The second kappa shape index (κ2) is 7.15. The van der Waals surface area contributed by atoms with Crippen LogP contribution in [0.2, 0.25) is 0 Å². The molecule has 1 amide bonds. The summed E-state index contributed by atoms with van der Waals surface area (Å²) in [7, 11) is 0. The number of rotatable bonds is 4. The fourth-order valence-corrected chi connectivity index (χ4v) is 5.27. The number of amides is 1. The van der Waals surface area contributed by atoms with Crippen LogP contribution in [0.25, 0.3) is 0 Å². The third kappa shape index (κ3) is 3.20. The number of Topliss-reactive ketones (excluding diaryl/α,β-unsaturated/α-hetero) is 1. The third-order valence-corrected chi connectivity index (χ3v) is 6.88. The Kier molecular flexibility index (Phi) is 4.87. The molecule has 1 saturated heterocycles. The molecule has 1 aromatic rings. The number of carbonyl (C=O) groups is 2. The van der Waals surface area contributed by atoms with E-state index in [1.807, 2.05) is 12.1 Å². The number of ketones is 1. The van der Waals surface area contributed by atoms with Gasteiger partial charge >= 0.3 is 0 Å². The molecule has 1 heterocycles. The highest BCUT2D eigenvalue weighted by Crippen LogP contribution is 2.44. The van der Waals surface area contributed by atoms with E-state index in [0.717, 1.165) is 44.3 Å². The molecule has 140 valence electrons. The monoisotopic (exact) mass is 355 g/mol. The maximum absolute atomic E-state index is 13.3. The van der Waals surface area contributed by atoms with Crippen LogP contribution in [0.5, 0.6) is 0 Å². The van der Waals surface area contributed by atoms with Crippen LogP contribution >= 0.6 is 0 Å². The van der Waals surface area contributed by atoms with Crippen LogP contribution < -0.4 is 0 Å². The Labute approximate surface area is 155 Å². The van der Waals surface area contributed by atoms with E-state index in [1.54, 1.807) is 6.07 Å². The zero-order chi connectivity index (χ0) is 18.1. The first kappa shape index (κ1) is 17.7. The average molecular weight is 355 g/mol. The van der Waals surface area contributed by atoms with Crippen LogP contribution in [-0.4, -0.2) is 41.4 Å². The van der Waals surface area contributed by atoms with E-state index in [4.69, 9.17) is 5.11 Å². The van der Waals surface area contributed by atoms with Crippen molar-refractivity contribution in [3.05, 3.63) is 34.9 Å². The highest BCUT2D eigenvalue weighted by atomic mass is 16.3. The molecule has 1 atom stereocenters. The highest BCUT2D eigenvalue weighted by Gasteiger charge is 2.48. The van der Waals surface area contributed by atoms with Gasteiger partial charge in [0, 0.05) is 18.7 Å². The fourth-order valence-electron chi connectivity index (χ4n) is 5.27. The fraction of sp³-hybridized carbons (Fsp3) is 0.636. The summed E-state index contributed by atoms with van der Waals surface area (Å²) in [5.74, 6) is 0.782. The molecule has 4 nitrogen and oxygen atoms in total. The molecule has 1 aliphatic heterocycles. The van der Waals surface area contributed by atoms with Gasteiger partial charge in [0.2, 0.25) is 5.91 Å². The summed E-state index contributed by atoms with van der Waals surface area (Å²) < 4.78 is 0. The molecule has 1 spiro atoms. The van der Waals surface area contributed by atoms with E-state index in [-0.39, 0.29) is 11.2 Å². The van der Waals surface area contributed by atoms with Gasteiger partial charge < -0.3 is 10.0 Å². The van der Waals surface area contributed by atoms with Gasteiger partial charge in [0.1, 0.15) is 6.61 Å². The topological polar surface area (TPSA) is 57.6 Å². The number of nitrogens with zero attached hydrogens (tertiary/aromatic N) is 1. The van der Waals surface area contributed by atoms with Crippen LogP contribution in [0.15, 0.2) is 18.2 Å². The maximum Gasteiger partial charge on any atom is 0.229 e. The lowest BCUT2D eigenvalue weighted by Gasteiger charge is -2.34. The van der Waals surface area contributed by atoms with Gasteiger partial charge in [-0.3, -0.25) is 9.59 Å². The smallest absolute Gasteiger partial charge is 0.229 e. The third-order valence-electron chi connectivity index (χ3n) is 6.88. The first-order chi connectivity index (χ1) is 12.6. The Morgan fingerprint density at radius 1 is 1.15 bits per heavy atom. The molecule has 1 N–H and O–H groups in total. The van der Waals surface area contributed by atoms with Crippen molar-refractivity contribution in [1.29, 1.82) is 0 Å². The summed E-state index contributed by atoms with van der Waals surface area (Å²) in [5, 5.41) is 9.12. The van der Waals surface area contributed by atoms with Gasteiger partial charge in [-0.1, -0.05) is 31.4 Å². The number of benzene rings is 1. The van der Waals surface area contributed by atoms with Gasteiger partial charge in [0.25, 0.3) is 0 Å². The number of aliphatic hydroxyl groups excluding tert-OH is 1. The van der Waals surface area contributed by atoms with Gasteiger partial charge in [-0.25, -0.2) is 0 Å². The minimum Gasteiger partial charge on any atom is -0.388 e. The van der Waals surface area contributed by atoms with Crippen molar-refractivity contribution >= 4 is 11.7 Å². The Bertz CT molecular complexity index is 707. The van der Waals surface area contributed by atoms with E-state index < -0.39 is 6.61 Å².